The van der Waals surface area contributed by atoms with E-state index in [0.717, 1.165) is 28.7 Å². The van der Waals surface area contributed by atoms with Gasteiger partial charge in [0.2, 0.25) is 0 Å². The second-order valence-electron chi connectivity index (χ2n) is 8.57. The SMILES string of the molecule is Cc1cc(C)cc(OCC(=O)OC2(C)C3CC4CC(C3)CC2C4)c1. The molecule has 130 valence electrons. The molecule has 0 aromatic heterocycles. The summed E-state index contributed by atoms with van der Waals surface area (Å²) < 4.78 is 11.7. The van der Waals surface area contributed by atoms with E-state index in [9.17, 15) is 4.79 Å². The lowest BCUT2D eigenvalue weighted by Gasteiger charge is -2.59. The molecule has 0 amide bonds. The van der Waals surface area contributed by atoms with Gasteiger partial charge in [0.05, 0.1) is 0 Å². The lowest BCUT2D eigenvalue weighted by molar-refractivity contribution is -0.204. The van der Waals surface area contributed by atoms with Crippen LogP contribution in [0.3, 0.4) is 0 Å². The highest BCUT2D eigenvalue weighted by molar-refractivity contribution is 5.71. The van der Waals surface area contributed by atoms with E-state index in [4.69, 9.17) is 9.47 Å². The molecule has 0 heterocycles. The van der Waals surface area contributed by atoms with Crippen molar-refractivity contribution >= 4 is 5.97 Å². The van der Waals surface area contributed by atoms with E-state index in [1.54, 1.807) is 0 Å². The van der Waals surface area contributed by atoms with Crippen molar-refractivity contribution in [2.45, 2.75) is 58.5 Å². The first-order chi connectivity index (χ1) is 11.4. The molecule has 0 saturated heterocycles. The molecule has 3 heteroatoms. The molecule has 1 aromatic rings. The highest BCUT2D eigenvalue weighted by atomic mass is 16.6. The maximum absolute atomic E-state index is 12.4. The number of carbonyl (C=O) groups excluding carboxylic acids is 1. The highest BCUT2D eigenvalue weighted by Crippen LogP contribution is 2.59. The molecule has 0 radical (unpaired) electrons. The van der Waals surface area contributed by atoms with Gasteiger partial charge in [-0.25, -0.2) is 4.79 Å². The average Bonchev–Trinajstić information content (AvgIpc) is 2.49. The van der Waals surface area contributed by atoms with Gasteiger partial charge in [-0.1, -0.05) is 6.07 Å². The zero-order valence-electron chi connectivity index (χ0n) is 15.0. The Morgan fingerprint density at radius 3 is 2.08 bits per heavy atom. The van der Waals surface area contributed by atoms with Crippen LogP contribution in [0.1, 0.15) is 50.2 Å². The molecule has 1 aromatic carbocycles. The zero-order chi connectivity index (χ0) is 16.9. The van der Waals surface area contributed by atoms with Crippen LogP contribution >= 0.6 is 0 Å². The van der Waals surface area contributed by atoms with Crippen molar-refractivity contribution in [2.75, 3.05) is 6.61 Å². The maximum atomic E-state index is 12.4. The minimum Gasteiger partial charge on any atom is -0.482 e. The van der Waals surface area contributed by atoms with Crippen LogP contribution in [0.5, 0.6) is 5.75 Å². The molecular weight excluding hydrogens is 300 g/mol. The van der Waals surface area contributed by atoms with Gasteiger partial charge in [0, 0.05) is 0 Å². The van der Waals surface area contributed by atoms with Gasteiger partial charge in [0.25, 0.3) is 0 Å². The molecule has 4 bridgehead atoms. The minimum absolute atomic E-state index is 0.00474. The Bertz CT molecular complexity index is 600. The number of aryl methyl sites for hydroxylation is 2. The third-order valence-corrected chi connectivity index (χ3v) is 6.64. The summed E-state index contributed by atoms with van der Waals surface area (Å²) in [7, 11) is 0. The fourth-order valence-corrected chi connectivity index (χ4v) is 5.72. The van der Waals surface area contributed by atoms with Crippen molar-refractivity contribution < 1.29 is 14.3 Å². The van der Waals surface area contributed by atoms with E-state index in [1.807, 2.05) is 26.0 Å². The lowest BCUT2D eigenvalue weighted by atomic mass is 9.50. The van der Waals surface area contributed by atoms with Crippen molar-refractivity contribution in [3.05, 3.63) is 29.3 Å². The predicted molar refractivity (Wildman–Crippen MR) is 93.0 cm³/mol. The third-order valence-electron chi connectivity index (χ3n) is 6.64. The molecule has 4 aliphatic rings. The van der Waals surface area contributed by atoms with E-state index in [-0.39, 0.29) is 18.2 Å². The molecule has 4 fully saturated rings. The molecule has 24 heavy (non-hydrogen) atoms. The van der Waals surface area contributed by atoms with Crippen LogP contribution in [0.15, 0.2) is 18.2 Å². The first kappa shape index (κ1) is 16.0. The Balaban J connectivity index is 1.39. The van der Waals surface area contributed by atoms with Crippen molar-refractivity contribution in [3.8, 4) is 5.75 Å². The second kappa shape index (κ2) is 5.79. The zero-order valence-corrected chi connectivity index (χ0v) is 15.0. The smallest absolute Gasteiger partial charge is 0.344 e. The van der Waals surface area contributed by atoms with Gasteiger partial charge in [-0.3, -0.25) is 0 Å². The normalized spacial score (nSPS) is 36.6. The average molecular weight is 328 g/mol. The van der Waals surface area contributed by atoms with Crippen LogP contribution in [0.25, 0.3) is 0 Å². The molecular formula is C21H28O3. The van der Waals surface area contributed by atoms with Crippen molar-refractivity contribution in [2.24, 2.45) is 23.7 Å². The first-order valence-electron chi connectivity index (χ1n) is 9.35. The summed E-state index contributed by atoms with van der Waals surface area (Å²) in [5, 5.41) is 0. The van der Waals surface area contributed by atoms with Gasteiger partial charge in [0.15, 0.2) is 6.61 Å². The minimum atomic E-state index is -0.267. The second-order valence-corrected chi connectivity index (χ2v) is 8.57. The Hall–Kier alpha value is -1.51. The van der Waals surface area contributed by atoms with Crippen molar-refractivity contribution in [1.82, 2.24) is 0 Å². The molecule has 4 saturated carbocycles. The fourth-order valence-electron chi connectivity index (χ4n) is 5.72. The summed E-state index contributed by atoms with van der Waals surface area (Å²) in [6, 6.07) is 6.02. The number of benzene rings is 1. The Morgan fingerprint density at radius 1 is 1.00 bits per heavy atom. The summed E-state index contributed by atoms with van der Waals surface area (Å²) in [6.45, 7) is 6.25. The number of ether oxygens (including phenoxy) is 2. The topological polar surface area (TPSA) is 35.5 Å². The molecule has 0 aliphatic heterocycles. The summed E-state index contributed by atoms with van der Waals surface area (Å²) >= 11 is 0. The van der Waals surface area contributed by atoms with Gasteiger partial charge in [-0.2, -0.15) is 0 Å². The molecule has 5 rings (SSSR count). The van der Waals surface area contributed by atoms with E-state index < -0.39 is 0 Å². The van der Waals surface area contributed by atoms with Crippen LogP contribution in [-0.2, 0) is 9.53 Å². The van der Waals surface area contributed by atoms with Gasteiger partial charge in [-0.15, -0.1) is 0 Å². The quantitative estimate of drug-likeness (QED) is 0.767. The van der Waals surface area contributed by atoms with Crippen LogP contribution in [0, 0.1) is 37.5 Å². The number of hydrogen-bond donors (Lipinski definition) is 0. The maximum Gasteiger partial charge on any atom is 0.344 e. The summed E-state index contributed by atoms with van der Waals surface area (Å²) in [6.07, 6.45) is 6.39. The Morgan fingerprint density at radius 2 is 1.54 bits per heavy atom. The highest BCUT2D eigenvalue weighted by Gasteiger charge is 2.57. The largest absolute Gasteiger partial charge is 0.482 e. The van der Waals surface area contributed by atoms with Crippen LogP contribution in [0.2, 0.25) is 0 Å². The van der Waals surface area contributed by atoms with Crippen molar-refractivity contribution in [1.29, 1.82) is 0 Å². The van der Waals surface area contributed by atoms with Crippen LogP contribution < -0.4 is 4.74 Å². The number of hydrogen-bond acceptors (Lipinski definition) is 3. The molecule has 0 N–H and O–H groups in total. The Labute approximate surface area is 144 Å². The van der Waals surface area contributed by atoms with Gasteiger partial charge in [0.1, 0.15) is 11.4 Å². The molecule has 4 aliphatic carbocycles. The summed E-state index contributed by atoms with van der Waals surface area (Å²) in [5.41, 5.74) is 2.02. The molecule has 3 nitrogen and oxygen atoms in total. The van der Waals surface area contributed by atoms with Crippen LogP contribution in [0.4, 0.5) is 0 Å². The predicted octanol–water partition coefficient (Wildman–Crippen LogP) is 4.44. The lowest BCUT2D eigenvalue weighted by Crippen LogP contribution is -2.58. The van der Waals surface area contributed by atoms with E-state index in [1.165, 1.54) is 32.1 Å². The molecule has 0 atom stereocenters. The van der Waals surface area contributed by atoms with E-state index >= 15 is 0 Å². The first-order valence-corrected chi connectivity index (χ1v) is 9.35. The fraction of sp³-hybridized carbons (Fsp3) is 0.667. The summed E-state index contributed by atoms with van der Waals surface area (Å²) in [5.74, 6) is 3.40. The number of esters is 1. The monoisotopic (exact) mass is 328 g/mol. The van der Waals surface area contributed by atoms with E-state index in [0.29, 0.717) is 11.8 Å². The van der Waals surface area contributed by atoms with Crippen LogP contribution in [-0.4, -0.2) is 18.2 Å². The van der Waals surface area contributed by atoms with E-state index in [2.05, 4.69) is 13.0 Å². The molecule has 0 spiro atoms. The Kier molecular flexibility index (Phi) is 3.85. The number of carbonyl (C=O) groups is 1. The van der Waals surface area contributed by atoms with Gasteiger partial charge < -0.3 is 9.47 Å². The van der Waals surface area contributed by atoms with Gasteiger partial charge >= 0.3 is 5.97 Å². The summed E-state index contributed by atoms with van der Waals surface area (Å²) in [4.78, 5) is 12.4. The third kappa shape index (κ3) is 2.82. The standard InChI is InChI=1S/C21H28O3/c1-13-4-14(2)6-19(5-13)23-12-20(22)24-21(3)17-8-15-7-16(10-17)11-18(21)9-15/h4-6,15-18H,7-12H2,1-3H3. The molecule has 0 unspecified atom stereocenters. The van der Waals surface area contributed by atoms with Crippen molar-refractivity contribution in [3.63, 3.8) is 0 Å². The number of rotatable bonds is 4. The van der Waals surface area contributed by atoms with Gasteiger partial charge in [-0.05, 0) is 99.8 Å².